The number of methoxy groups -OCH3 is 1. The zero-order chi connectivity index (χ0) is 19.4. The van der Waals surface area contributed by atoms with Gasteiger partial charge in [-0.2, -0.15) is 5.10 Å². The number of hydrogen-bond acceptors (Lipinski definition) is 6. The van der Waals surface area contributed by atoms with Crippen LogP contribution in [-0.2, 0) is 11.3 Å². The number of carbonyl (C=O) groups is 1. The summed E-state index contributed by atoms with van der Waals surface area (Å²) >= 11 is 0. The summed E-state index contributed by atoms with van der Waals surface area (Å²) in [6, 6.07) is 11.0. The number of benzene rings is 2. The third kappa shape index (κ3) is 3.92. The highest BCUT2D eigenvalue weighted by Gasteiger charge is 2.14. The second-order valence-electron chi connectivity index (χ2n) is 5.69. The van der Waals surface area contributed by atoms with Crippen molar-refractivity contribution in [2.24, 2.45) is 0 Å². The number of nitro benzene ring substituents is 1. The number of para-hydroxylation sites is 1. The van der Waals surface area contributed by atoms with E-state index in [0.717, 1.165) is 0 Å². The average molecular weight is 368 g/mol. The smallest absolute Gasteiger partial charge is 0.271 e. The molecule has 1 amide bonds. The lowest BCUT2D eigenvalue weighted by Gasteiger charge is -2.11. The lowest BCUT2D eigenvalue weighted by atomic mass is 10.2. The number of non-ortho nitro benzene ring substituents is 1. The van der Waals surface area contributed by atoms with E-state index >= 15 is 0 Å². The van der Waals surface area contributed by atoms with Gasteiger partial charge >= 0.3 is 0 Å². The molecule has 1 aromatic heterocycles. The number of amides is 1. The number of carbonyl (C=O) groups excluding carboxylic acids is 1. The Kier molecular flexibility index (Phi) is 5.11. The molecular formula is C18H16N4O5. The third-order valence-electron chi connectivity index (χ3n) is 3.98. The number of nitrogens with one attached hydrogen (secondary N) is 1. The molecule has 138 valence electrons. The van der Waals surface area contributed by atoms with Gasteiger partial charge < -0.3 is 10.1 Å². The number of nitrogens with zero attached hydrogens (tertiary/aromatic N) is 3. The fourth-order valence-corrected chi connectivity index (χ4v) is 2.67. The van der Waals surface area contributed by atoms with E-state index in [1.54, 1.807) is 28.9 Å². The van der Waals surface area contributed by atoms with E-state index in [2.05, 4.69) is 10.4 Å². The highest BCUT2D eigenvalue weighted by Crippen LogP contribution is 2.28. The minimum Gasteiger partial charge on any atom is -0.495 e. The van der Waals surface area contributed by atoms with Crippen LogP contribution in [0, 0.1) is 10.1 Å². The van der Waals surface area contributed by atoms with Crippen LogP contribution in [-0.4, -0.2) is 27.7 Å². The van der Waals surface area contributed by atoms with E-state index in [4.69, 9.17) is 4.74 Å². The van der Waals surface area contributed by atoms with Crippen molar-refractivity contribution in [1.29, 1.82) is 0 Å². The molecule has 3 aromatic rings. The average Bonchev–Trinajstić information content (AvgIpc) is 2.67. The Hall–Kier alpha value is -3.75. The summed E-state index contributed by atoms with van der Waals surface area (Å²) in [4.78, 5) is 34.5. The predicted octanol–water partition coefficient (Wildman–Crippen LogP) is 2.34. The molecule has 1 N–H and O–H groups in total. The Morgan fingerprint density at radius 1 is 1.30 bits per heavy atom. The molecular weight excluding hydrogens is 352 g/mol. The quantitative estimate of drug-likeness (QED) is 0.527. The van der Waals surface area contributed by atoms with Crippen molar-refractivity contribution in [2.75, 3.05) is 12.4 Å². The maximum atomic E-state index is 12.3. The fraction of sp³-hybridized carbons (Fsp3) is 0.167. The van der Waals surface area contributed by atoms with Crippen LogP contribution < -0.4 is 15.5 Å². The van der Waals surface area contributed by atoms with Gasteiger partial charge in [0, 0.05) is 23.9 Å². The minimum atomic E-state index is -0.550. The first kappa shape index (κ1) is 18.1. The first-order chi connectivity index (χ1) is 13.0. The molecule has 3 rings (SSSR count). The summed E-state index contributed by atoms with van der Waals surface area (Å²) < 4.78 is 6.70. The standard InChI is InChI=1S/C18H16N4O5/c1-27-17-7-6-12(22(25)26)10-14(17)20-18(24)8-9-21-15-5-3-2-4-13(15)16(23)11-19-21/h2-7,10-11H,8-9H2,1H3,(H,20,24). The Morgan fingerprint density at radius 3 is 2.81 bits per heavy atom. The van der Waals surface area contributed by atoms with Crippen LogP contribution in [0.1, 0.15) is 6.42 Å². The van der Waals surface area contributed by atoms with Crippen LogP contribution in [0.15, 0.2) is 53.5 Å². The van der Waals surface area contributed by atoms with Crippen LogP contribution in [0.3, 0.4) is 0 Å². The number of anilines is 1. The molecule has 9 nitrogen and oxygen atoms in total. The minimum absolute atomic E-state index is 0.0612. The summed E-state index contributed by atoms with van der Waals surface area (Å²) in [6.45, 7) is 0.240. The molecule has 0 spiro atoms. The van der Waals surface area contributed by atoms with Crippen molar-refractivity contribution in [3.63, 3.8) is 0 Å². The summed E-state index contributed by atoms with van der Waals surface area (Å²) in [6.07, 6.45) is 1.27. The Balaban J connectivity index is 1.76. The molecule has 0 aliphatic heterocycles. The molecule has 0 fully saturated rings. The Bertz CT molecular complexity index is 1080. The lowest BCUT2D eigenvalue weighted by Crippen LogP contribution is -2.18. The highest BCUT2D eigenvalue weighted by molar-refractivity contribution is 5.92. The molecule has 0 saturated heterocycles. The van der Waals surface area contributed by atoms with Crippen molar-refractivity contribution in [2.45, 2.75) is 13.0 Å². The molecule has 9 heteroatoms. The second-order valence-corrected chi connectivity index (χ2v) is 5.69. The number of ether oxygens (including phenoxy) is 1. The van der Waals surface area contributed by atoms with Gasteiger partial charge in [0.1, 0.15) is 5.75 Å². The molecule has 0 bridgehead atoms. The number of aryl methyl sites for hydroxylation is 1. The largest absolute Gasteiger partial charge is 0.495 e. The molecule has 0 unspecified atom stereocenters. The SMILES string of the molecule is COc1ccc([N+](=O)[O-])cc1NC(=O)CCn1ncc(=O)c2ccccc21. The molecule has 0 aliphatic carbocycles. The third-order valence-corrected chi connectivity index (χ3v) is 3.98. The second kappa shape index (κ2) is 7.65. The summed E-state index contributed by atoms with van der Waals surface area (Å²) in [5.41, 5.74) is 0.506. The monoisotopic (exact) mass is 368 g/mol. The maximum Gasteiger partial charge on any atom is 0.271 e. The number of fused-ring (bicyclic) bond motifs is 1. The van der Waals surface area contributed by atoms with Gasteiger partial charge in [0.05, 0.1) is 36.0 Å². The van der Waals surface area contributed by atoms with Gasteiger partial charge in [0.15, 0.2) is 0 Å². The summed E-state index contributed by atoms with van der Waals surface area (Å²) in [5, 5.41) is 18.1. The van der Waals surface area contributed by atoms with E-state index in [1.807, 2.05) is 0 Å². The first-order valence-corrected chi connectivity index (χ1v) is 8.07. The molecule has 0 atom stereocenters. The van der Waals surface area contributed by atoms with E-state index in [0.29, 0.717) is 16.7 Å². The van der Waals surface area contributed by atoms with Crippen molar-refractivity contribution in [3.8, 4) is 5.75 Å². The van der Waals surface area contributed by atoms with E-state index in [1.165, 1.54) is 31.5 Å². The van der Waals surface area contributed by atoms with E-state index in [9.17, 15) is 19.7 Å². The van der Waals surface area contributed by atoms with Gasteiger partial charge in [-0.3, -0.25) is 24.4 Å². The molecule has 0 aliphatic rings. The van der Waals surface area contributed by atoms with Crippen molar-refractivity contribution < 1.29 is 14.5 Å². The molecule has 27 heavy (non-hydrogen) atoms. The lowest BCUT2D eigenvalue weighted by molar-refractivity contribution is -0.384. The van der Waals surface area contributed by atoms with E-state index < -0.39 is 4.92 Å². The van der Waals surface area contributed by atoms with Crippen molar-refractivity contribution in [3.05, 3.63) is 69.0 Å². The summed E-state index contributed by atoms with van der Waals surface area (Å²) in [7, 11) is 1.41. The number of rotatable bonds is 6. The zero-order valence-electron chi connectivity index (χ0n) is 14.4. The maximum absolute atomic E-state index is 12.3. The van der Waals surface area contributed by atoms with Gasteiger partial charge in [0.25, 0.3) is 5.69 Å². The van der Waals surface area contributed by atoms with Gasteiger partial charge in [-0.25, -0.2) is 0 Å². The fourth-order valence-electron chi connectivity index (χ4n) is 2.67. The number of aromatic nitrogens is 2. The van der Waals surface area contributed by atoms with E-state index in [-0.39, 0.29) is 35.7 Å². The summed E-state index contributed by atoms with van der Waals surface area (Å²) in [5.74, 6) is -0.0423. The van der Waals surface area contributed by atoms with Crippen LogP contribution in [0.25, 0.3) is 10.9 Å². The van der Waals surface area contributed by atoms with Gasteiger partial charge in [-0.05, 0) is 18.2 Å². The van der Waals surface area contributed by atoms with Crippen LogP contribution in [0.4, 0.5) is 11.4 Å². The van der Waals surface area contributed by atoms with Crippen LogP contribution in [0.2, 0.25) is 0 Å². The number of nitro groups is 1. The topological polar surface area (TPSA) is 116 Å². The first-order valence-electron chi connectivity index (χ1n) is 8.07. The van der Waals surface area contributed by atoms with Crippen molar-refractivity contribution >= 4 is 28.2 Å². The number of hydrogen-bond donors (Lipinski definition) is 1. The molecule has 2 aromatic carbocycles. The Labute approximate surface area is 153 Å². The van der Waals surface area contributed by atoms with Gasteiger partial charge in [-0.1, -0.05) is 12.1 Å². The molecule has 1 heterocycles. The van der Waals surface area contributed by atoms with Gasteiger partial charge in [0.2, 0.25) is 11.3 Å². The predicted molar refractivity (Wildman–Crippen MR) is 98.9 cm³/mol. The van der Waals surface area contributed by atoms with Crippen LogP contribution in [0.5, 0.6) is 5.75 Å². The normalized spacial score (nSPS) is 10.6. The van der Waals surface area contributed by atoms with Crippen LogP contribution >= 0.6 is 0 Å². The Morgan fingerprint density at radius 2 is 2.07 bits per heavy atom. The zero-order valence-corrected chi connectivity index (χ0v) is 14.4. The molecule has 0 radical (unpaired) electrons. The molecule has 0 saturated carbocycles. The van der Waals surface area contributed by atoms with Crippen molar-refractivity contribution in [1.82, 2.24) is 9.78 Å². The highest BCUT2D eigenvalue weighted by atomic mass is 16.6. The van der Waals surface area contributed by atoms with Gasteiger partial charge in [-0.15, -0.1) is 0 Å².